The molecule has 0 aromatic carbocycles. The number of amides is 1. The van der Waals surface area contributed by atoms with E-state index in [4.69, 9.17) is 0 Å². The maximum Gasteiger partial charge on any atom is 0.254 e. The van der Waals surface area contributed by atoms with Gasteiger partial charge in [-0.25, -0.2) is 9.37 Å². The lowest BCUT2D eigenvalue weighted by molar-refractivity contribution is 0.0946. The zero-order valence-electron chi connectivity index (χ0n) is 11.4. The van der Waals surface area contributed by atoms with Crippen molar-refractivity contribution in [3.8, 4) is 0 Å². The monoisotopic (exact) mass is 277 g/mol. The van der Waals surface area contributed by atoms with Crippen LogP contribution in [0.1, 0.15) is 23.0 Å². The summed E-state index contributed by atoms with van der Waals surface area (Å²) in [6.07, 6.45) is 3.04. The van der Waals surface area contributed by atoms with Crippen LogP contribution in [0, 0.1) is 5.82 Å². The van der Waals surface area contributed by atoms with Crippen molar-refractivity contribution >= 4 is 11.7 Å². The molecule has 2 aromatic rings. The minimum atomic E-state index is -0.642. The van der Waals surface area contributed by atoms with Crippen molar-refractivity contribution in [1.82, 2.24) is 20.1 Å². The first kappa shape index (κ1) is 14.0. The van der Waals surface area contributed by atoms with Crippen molar-refractivity contribution in [2.24, 2.45) is 7.05 Å². The fourth-order valence-corrected chi connectivity index (χ4v) is 1.75. The van der Waals surface area contributed by atoms with Gasteiger partial charge in [0, 0.05) is 26.0 Å². The molecule has 2 N–H and O–H groups in total. The van der Waals surface area contributed by atoms with E-state index >= 15 is 0 Å². The average Bonchev–Trinajstić information content (AvgIpc) is 2.84. The number of nitrogens with zero attached hydrogens (tertiary/aromatic N) is 3. The largest absolute Gasteiger partial charge is 0.368 e. The maximum absolute atomic E-state index is 14.1. The zero-order valence-corrected chi connectivity index (χ0v) is 11.4. The molecule has 0 saturated heterocycles. The lowest BCUT2D eigenvalue weighted by Gasteiger charge is -2.09. The number of halogens is 1. The minimum absolute atomic E-state index is 0.0295. The summed E-state index contributed by atoms with van der Waals surface area (Å²) in [5.74, 6) is -1.04. The topological polar surface area (TPSA) is 71.8 Å². The predicted octanol–water partition coefficient (Wildman–Crippen LogP) is 1.32. The normalized spacial score (nSPS) is 10.3. The third-order valence-electron chi connectivity index (χ3n) is 2.83. The molecule has 20 heavy (non-hydrogen) atoms. The Kier molecular flexibility index (Phi) is 4.29. The smallest absolute Gasteiger partial charge is 0.254 e. The summed E-state index contributed by atoms with van der Waals surface area (Å²) in [5.41, 5.74) is 0.804. The van der Waals surface area contributed by atoms with Crippen LogP contribution < -0.4 is 10.6 Å². The number of anilines is 1. The second-order valence-corrected chi connectivity index (χ2v) is 4.18. The van der Waals surface area contributed by atoms with E-state index in [9.17, 15) is 9.18 Å². The number of carbonyl (C=O) groups is 1. The molecule has 0 aliphatic rings. The summed E-state index contributed by atoms with van der Waals surface area (Å²) in [4.78, 5) is 15.8. The predicted molar refractivity (Wildman–Crippen MR) is 72.7 cm³/mol. The molecule has 2 heterocycles. The van der Waals surface area contributed by atoms with Crippen molar-refractivity contribution in [2.45, 2.75) is 13.5 Å². The maximum atomic E-state index is 14.1. The molecule has 2 aromatic heterocycles. The molecule has 1 amide bonds. The Labute approximate surface area is 116 Å². The van der Waals surface area contributed by atoms with Crippen LogP contribution in [0.5, 0.6) is 0 Å². The lowest BCUT2D eigenvalue weighted by atomic mass is 10.2. The van der Waals surface area contributed by atoms with E-state index in [1.807, 2.05) is 6.92 Å². The molecule has 0 spiro atoms. The van der Waals surface area contributed by atoms with Crippen molar-refractivity contribution in [2.75, 3.05) is 11.9 Å². The van der Waals surface area contributed by atoms with E-state index in [2.05, 4.69) is 20.7 Å². The molecule has 106 valence electrons. The third-order valence-corrected chi connectivity index (χ3v) is 2.83. The summed E-state index contributed by atoms with van der Waals surface area (Å²) < 4.78 is 15.7. The lowest BCUT2D eigenvalue weighted by Crippen LogP contribution is -2.25. The van der Waals surface area contributed by atoms with Gasteiger partial charge in [-0.1, -0.05) is 0 Å². The van der Waals surface area contributed by atoms with Crippen molar-refractivity contribution < 1.29 is 9.18 Å². The van der Waals surface area contributed by atoms with Crippen LogP contribution in [0.15, 0.2) is 24.5 Å². The molecule has 6 nitrogen and oxygen atoms in total. The average molecular weight is 277 g/mol. The van der Waals surface area contributed by atoms with Gasteiger partial charge in [0.1, 0.15) is 0 Å². The first-order chi connectivity index (χ1) is 9.63. The van der Waals surface area contributed by atoms with Crippen LogP contribution >= 0.6 is 0 Å². The van der Waals surface area contributed by atoms with Crippen LogP contribution in [0.2, 0.25) is 0 Å². The number of aromatic nitrogens is 3. The van der Waals surface area contributed by atoms with Crippen LogP contribution in [0.3, 0.4) is 0 Å². The van der Waals surface area contributed by atoms with Gasteiger partial charge in [-0.15, -0.1) is 0 Å². The van der Waals surface area contributed by atoms with Gasteiger partial charge < -0.3 is 10.6 Å². The Morgan fingerprint density at radius 1 is 1.40 bits per heavy atom. The fraction of sp³-hybridized carbons (Fsp3) is 0.308. The van der Waals surface area contributed by atoms with Crippen LogP contribution in [-0.2, 0) is 13.6 Å². The quantitative estimate of drug-likeness (QED) is 0.864. The second-order valence-electron chi connectivity index (χ2n) is 4.18. The highest BCUT2D eigenvalue weighted by molar-refractivity contribution is 5.95. The van der Waals surface area contributed by atoms with E-state index in [0.717, 1.165) is 5.69 Å². The van der Waals surface area contributed by atoms with Gasteiger partial charge in [-0.2, -0.15) is 5.10 Å². The molecular weight excluding hydrogens is 261 g/mol. The highest BCUT2D eigenvalue weighted by Crippen LogP contribution is 2.14. The van der Waals surface area contributed by atoms with Gasteiger partial charge in [-0.3, -0.25) is 9.48 Å². The molecule has 0 atom stereocenters. The second kappa shape index (κ2) is 6.14. The van der Waals surface area contributed by atoms with Crippen LogP contribution in [0.25, 0.3) is 0 Å². The molecule has 7 heteroatoms. The Balaban J connectivity index is 2.09. The molecule has 0 saturated carbocycles. The first-order valence-electron chi connectivity index (χ1n) is 6.27. The van der Waals surface area contributed by atoms with Crippen molar-refractivity contribution in [3.63, 3.8) is 0 Å². The van der Waals surface area contributed by atoms with Crippen molar-refractivity contribution in [1.29, 1.82) is 0 Å². The number of rotatable bonds is 5. The van der Waals surface area contributed by atoms with Gasteiger partial charge in [0.2, 0.25) is 0 Å². The van der Waals surface area contributed by atoms with Crippen LogP contribution in [-0.4, -0.2) is 27.2 Å². The molecule has 0 radical (unpaired) electrons. The van der Waals surface area contributed by atoms with Gasteiger partial charge in [0.25, 0.3) is 5.91 Å². The molecule has 0 aliphatic carbocycles. The summed E-state index contributed by atoms with van der Waals surface area (Å²) in [7, 11) is 1.78. The Morgan fingerprint density at radius 3 is 2.85 bits per heavy atom. The first-order valence-corrected chi connectivity index (χ1v) is 6.27. The third kappa shape index (κ3) is 2.93. The van der Waals surface area contributed by atoms with E-state index in [1.54, 1.807) is 24.0 Å². The van der Waals surface area contributed by atoms with Gasteiger partial charge in [0.15, 0.2) is 11.6 Å². The van der Waals surface area contributed by atoms with E-state index in [0.29, 0.717) is 6.54 Å². The van der Waals surface area contributed by atoms with E-state index < -0.39 is 11.7 Å². The van der Waals surface area contributed by atoms with Gasteiger partial charge in [0.05, 0.1) is 17.8 Å². The minimum Gasteiger partial charge on any atom is -0.368 e. The molecule has 0 fully saturated rings. The van der Waals surface area contributed by atoms with Crippen molar-refractivity contribution in [3.05, 3.63) is 41.6 Å². The molecule has 0 aliphatic heterocycles. The number of aryl methyl sites for hydroxylation is 1. The standard InChI is InChI=1S/C13H16FN5O/c1-3-15-12-11(14)10(5-6-16-12)13(20)17-8-9-4-7-18-19(9)2/h4-7H,3,8H2,1-2H3,(H,15,16)(H,17,20). The fourth-order valence-electron chi connectivity index (χ4n) is 1.75. The highest BCUT2D eigenvalue weighted by Gasteiger charge is 2.15. The Bertz CT molecular complexity index is 611. The molecular formula is C13H16FN5O. The number of nitrogens with one attached hydrogen (secondary N) is 2. The van der Waals surface area contributed by atoms with E-state index in [1.165, 1.54) is 12.3 Å². The van der Waals surface area contributed by atoms with E-state index in [-0.39, 0.29) is 17.9 Å². The van der Waals surface area contributed by atoms with Gasteiger partial charge >= 0.3 is 0 Å². The highest BCUT2D eigenvalue weighted by atomic mass is 19.1. The Morgan fingerprint density at radius 2 is 2.20 bits per heavy atom. The number of carbonyl (C=O) groups excluding carboxylic acids is 1. The molecule has 0 bridgehead atoms. The zero-order chi connectivity index (χ0) is 14.5. The Hall–Kier alpha value is -2.44. The summed E-state index contributed by atoms with van der Waals surface area (Å²) in [6.45, 7) is 2.65. The summed E-state index contributed by atoms with van der Waals surface area (Å²) in [5, 5.41) is 9.42. The van der Waals surface area contributed by atoms with Gasteiger partial charge in [-0.05, 0) is 19.1 Å². The SMILES string of the molecule is CCNc1nccc(C(=O)NCc2ccnn2C)c1F. The molecule has 0 unspecified atom stereocenters. The van der Waals surface area contributed by atoms with Crippen LogP contribution in [0.4, 0.5) is 10.2 Å². The number of hydrogen-bond acceptors (Lipinski definition) is 4. The summed E-state index contributed by atoms with van der Waals surface area (Å²) >= 11 is 0. The number of pyridine rings is 1. The summed E-state index contributed by atoms with van der Waals surface area (Å²) in [6, 6.07) is 3.14. The molecule has 2 rings (SSSR count). The number of hydrogen-bond donors (Lipinski definition) is 2.